The molecule has 0 spiro atoms. The Labute approximate surface area is 108 Å². The second-order valence-corrected chi connectivity index (χ2v) is 4.56. The van der Waals surface area contributed by atoms with Crippen LogP contribution in [0.4, 0.5) is 0 Å². The van der Waals surface area contributed by atoms with Gasteiger partial charge in [0.1, 0.15) is 0 Å². The summed E-state index contributed by atoms with van der Waals surface area (Å²) in [7, 11) is 2.00. The molecule has 4 N–H and O–H groups in total. The first-order valence-corrected chi connectivity index (χ1v) is 5.96. The summed E-state index contributed by atoms with van der Waals surface area (Å²) in [5.41, 5.74) is 7.34. The van der Waals surface area contributed by atoms with Gasteiger partial charge < -0.3 is 20.9 Å². The molecule has 0 bridgehead atoms. The zero-order valence-corrected chi connectivity index (χ0v) is 10.9. The normalized spacial score (nSPS) is 13.9. The van der Waals surface area contributed by atoms with Crippen LogP contribution in [0.1, 0.15) is 24.5 Å². The molecule has 1 rings (SSSR count). The van der Waals surface area contributed by atoms with E-state index in [-0.39, 0.29) is 11.9 Å². The summed E-state index contributed by atoms with van der Waals surface area (Å²) < 4.78 is 0. The van der Waals surface area contributed by atoms with Crippen molar-refractivity contribution in [2.24, 2.45) is 10.9 Å². The number of nitrogens with zero attached hydrogens (tertiary/aromatic N) is 2. The van der Waals surface area contributed by atoms with Crippen LogP contribution < -0.4 is 5.73 Å². The Kier molecular flexibility index (Phi) is 5.61. The molecule has 0 amide bonds. The zero-order chi connectivity index (χ0) is 13.5. The van der Waals surface area contributed by atoms with Crippen molar-refractivity contribution in [3.63, 3.8) is 0 Å². The van der Waals surface area contributed by atoms with Gasteiger partial charge in [-0.25, -0.2) is 0 Å². The maximum Gasteiger partial charge on any atom is 0.170 e. The molecule has 1 atom stereocenters. The average Bonchev–Trinajstić information content (AvgIpc) is 2.35. The first-order valence-electron chi connectivity index (χ1n) is 5.96. The summed E-state index contributed by atoms with van der Waals surface area (Å²) in [5.74, 6) is 0.114. The first-order chi connectivity index (χ1) is 8.52. The monoisotopic (exact) mass is 251 g/mol. The maximum absolute atomic E-state index is 9.23. The highest BCUT2D eigenvalue weighted by Crippen LogP contribution is 2.08. The predicted molar refractivity (Wildman–Crippen MR) is 71.6 cm³/mol. The minimum Gasteiger partial charge on any atom is -0.409 e. The highest BCUT2D eigenvalue weighted by molar-refractivity contribution is 5.97. The summed E-state index contributed by atoms with van der Waals surface area (Å²) in [6.45, 7) is 3.37. The van der Waals surface area contributed by atoms with Gasteiger partial charge in [0.15, 0.2) is 5.84 Å². The molecular weight excluding hydrogens is 230 g/mol. The number of oxime groups is 1. The van der Waals surface area contributed by atoms with Crippen molar-refractivity contribution < 1.29 is 10.3 Å². The van der Waals surface area contributed by atoms with Gasteiger partial charge >= 0.3 is 0 Å². The van der Waals surface area contributed by atoms with Crippen molar-refractivity contribution in [1.82, 2.24) is 4.90 Å². The second-order valence-electron chi connectivity index (χ2n) is 4.56. The Morgan fingerprint density at radius 1 is 1.50 bits per heavy atom. The van der Waals surface area contributed by atoms with Crippen molar-refractivity contribution in [2.75, 3.05) is 13.6 Å². The Bertz CT molecular complexity index is 405. The van der Waals surface area contributed by atoms with Crippen LogP contribution in [0.15, 0.2) is 29.4 Å². The lowest BCUT2D eigenvalue weighted by Crippen LogP contribution is -2.22. The molecule has 5 heteroatoms. The van der Waals surface area contributed by atoms with E-state index in [9.17, 15) is 5.11 Å². The Morgan fingerprint density at radius 2 is 2.22 bits per heavy atom. The van der Waals surface area contributed by atoms with Gasteiger partial charge in [-0.3, -0.25) is 0 Å². The molecule has 0 aromatic heterocycles. The van der Waals surface area contributed by atoms with E-state index in [1.54, 1.807) is 13.0 Å². The van der Waals surface area contributed by atoms with Crippen molar-refractivity contribution in [1.29, 1.82) is 0 Å². The third-order valence-corrected chi connectivity index (χ3v) is 2.71. The number of nitrogens with two attached hydrogens (primary N) is 1. The van der Waals surface area contributed by atoms with Crippen molar-refractivity contribution in [3.05, 3.63) is 35.4 Å². The number of aliphatic hydroxyl groups is 1. The van der Waals surface area contributed by atoms with Crippen molar-refractivity contribution in [2.45, 2.75) is 26.0 Å². The molecule has 5 nitrogen and oxygen atoms in total. The van der Waals surface area contributed by atoms with Gasteiger partial charge in [-0.1, -0.05) is 23.4 Å². The van der Waals surface area contributed by atoms with Gasteiger partial charge in [-0.2, -0.15) is 0 Å². The molecule has 0 heterocycles. The van der Waals surface area contributed by atoms with E-state index in [1.807, 2.05) is 25.2 Å². The summed E-state index contributed by atoms with van der Waals surface area (Å²) in [6.07, 6.45) is 0.465. The predicted octanol–water partition coefficient (Wildman–Crippen LogP) is 0.984. The molecule has 0 aliphatic carbocycles. The van der Waals surface area contributed by atoms with E-state index in [2.05, 4.69) is 10.1 Å². The van der Waals surface area contributed by atoms with Gasteiger partial charge in [0.2, 0.25) is 0 Å². The van der Waals surface area contributed by atoms with Crippen molar-refractivity contribution in [3.8, 4) is 0 Å². The Hall–Kier alpha value is -1.59. The van der Waals surface area contributed by atoms with Gasteiger partial charge in [0.05, 0.1) is 6.10 Å². The number of aliphatic hydroxyl groups excluding tert-OH is 1. The van der Waals surface area contributed by atoms with E-state index in [4.69, 9.17) is 10.9 Å². The number of benzene rings is 1. The molecule has 0 radical (unpaired) electrons. The van der Waals surface area contributed by atoms with E-state index in [1.165, 1.54) is 0 Å². The molecule has 1 unspecified atom stereocenters. The molecule has 0 saturated carbocycles. The van der Waals surface area contributed by atoms with E-state index in [0.29, 0.717) is 5.56 Å². The van der Waals surface area contributed by atoms with Crippen LogP contribution in [0, 0.1) is 0 Å². The fourth-order valence-corrected chi connectivity index (χ4v) is 1.68. The quantitative estimate of drug-likeness (QED) is 0.305. The van der Waals surface area contributed by atoms with Gasteiger partial charge in [-0.05, 0) is 32.0 Å². The topological polar surface area (TPSA) is 82.1 Å². The standard InChI is InChI=1S/C13H21N3O2/c1-10(17)6-7-16(2)9-11-4-3-5-12(8-11)13(14)15-18/h3-5,8,10,17-18H,6-7,9H2,1-2H3,(H2,14,15). The summed E-state index contributed by atoms with van der Waals surface area (Å²) >= 11 is 0. The molecule has 0 aliphatic rings. The molecule has 1 aromatic rings. The zero-order valence-electron chi connectivity index (χ0n) is 10.9. The van der Waals surface area contributed by atoms with Crippen LogP contribution in [0.3, 0.4) is 0 Å². The largest absolute Gasteiger partial charge is 0.409 e. The SMILES string of the molecule is CC(O)CCN(C)Cc1cccc(/C(N)=N/O)c1. The highest BCUT2D eigenvalue weighted by atomic mass is 16.4. The molecule has 18 heavy (non-hydrogen) atoms. The lowest BCUT2D eigenvalue weighted by Gasteiger charge is -2.17. The van der Waals surface area contributed by atoms with Gasteiger partial charge in [0.25, 0.3) is 0 Å². The third kappa shape index (κ3) is 4.73. The molecule has 0 fully saturated rings. The fraction of sp³-hybridized carbons (Fsp3) is 0.462. The van der Waals surface area contributed by atoms with Crippen LogP contribution in [0.5, 0.6) is 0 Å². The second kappa shape index (κ2) is 6.98. The van der Waals surface area contributed by atoms with Gasteiger partial charge in [0, 0.05) is 18.7 Å². The van der Waals surface area contributed by atoms with Crippen LogP contribution in [-0.2, 0) is 6.54 Å². The molecule has 0 aliphatic heterocycles. The minimum absolute atomic E-state index is 0.114. The molecule has 100 valence electrons. The summed E-state index contributed by atoms with van der Waals surface area (Å²) in [6, 6.07) is 7.57. The number of amidine groups is 1. The molecular formula is C13H21N3O2. The van der Waals surface area contributed by atoms with Crippen LogP contribution >= 0.6 is 0 Å². The average molecular weight is 251 g/mol. The van der Waals surface area contributed by atoms with E-state index < -0.39 is 0 Å². The van der Waals surface area contributed by atoms with E-state index in [0.717, 1.165) is 25.1 Å². The molecule has 1 aromatic carbocycles. The summed E-state index contributed by atoms with van der Waals surface area (Å²) in [4.78, 5) is 2.12. The van der Waals surface area contributed by atoms with Crippen LogP contribution in [0.25, 0.3) is 0 Å². The highest BCUT2D eigenvalue weighted by Gasteiger charge is 2.05. The lowest BCUT2D eigenvalue weighted by molar-refractivity contribution is 0.163. The van der Waals surface area contributed by atoms with E-state index >= 15 is 0 Å². The molecule has 0 saturated heterocycles. The Balaban J connectivity index is 2.62. The number of rotatable bonds is 6. The lowest BCUT2D eigenvalue weighted by atomic mass is 10.1. The summed E-state index contributed by atoms with van der Waals surface area (Å²) in [5, 5.41) is 20.8. The Morgan fingerprint density at radius 3 is 2.83 bits per heavy atom. The smallest absolute Gasteiger partial charge is 0.170 e. The fourth-order valence-electron chi connectivity index (χ4n) is 1.68. The number of hydrogen-bond donors (Lipinski definition) is 3. The minimum atomic E-state index is -0.282. The number of hydrogen-bond acceptors (Lipinski definition) is 4. The van der Waals surface area contributed by atoms with Gasteiger partial charge in [-0.15, -0.1) is 0 Å². The van der Waals surface area contributed by atoms with Crippen molar-refractivity contribution >= 4 is 5.84 Å². The van der Waals surface area contributed by atoms with Crippen LogP contribution in [-0.4, -0.2) is 40.7 Å². The maximum atomic E-state index is 9.23. The third-order valence-electron chi connectivity index (χ3n) is 2.71. The van der Waals surface area contributed by atoms with Crippen LogP contribution in [0.2, 0.25) is 0 Å². The first kappa shape index (κ1) is 14.5.